The molecule has 0 amide bonds. The molecule has 0 aliphatic rings. The van der Waals surface area contributed by atoms with Crippen LogP contribution in [-0.2, 0) is 4.74 Å². The van der Waals surface area contributed by atoms with Gasteiger partial charge in [-0.05, 0) is 13.8 Å². The first kappa shape index (κ1) is 12.3. The maximum absolute atomic E-state index is 5.01. The summed E-state index contributed by atoms with van der Waals surface area (Å²) < 4.78 is 5.01. The molecule has 0 spiro atoms. The lowest BCUT2D eigenvalue weighted by molar-refractivity contribution is 0.218. The topological polar surface area (TPSA) is 47.0 Å². The van der Waals surface area contributed by atoms with E-state index in [1.54, 1.807) is 18.9 Å². The van der Waals surface area contributed by atoms with Crippen molar-refractivity contribution < 1.29 is 4.74 Å². The number of methoxy groups -OCH3 is 1. The first-order valence-corrected chi connectivity index (χ1v) is 5.82. The summed E-state index contributed by atoms with van der Waals surface area (Å²) in [6.07, 6.45) is 0. The fraction of sp³-hybridized carbons (Fsp3) is 0.600. The molecule has 84 valence electrons. The van der Waals surface area contributed by atoms with Crippen LogP contribution in [-0.4, -0.2) is 36.5 Å². The first-order chi connectivity index (χ1) is 7.19. The summed E-state index contributed by atoms with van der Waals surface area (Å²) in [5.41, 5.74) is 1.10. The summed E-state index contributed by atoms with van der Waals surface area (Å²) >= 11 is 1.70. The molecule has 1 rings (SSSR count). The van der Waals surface area contributed by atoms with Gasteiger partial charge in [0.1, 0.15) is 16.7 Å². The minimum absolute atomic E-state index is 0.738. The monoisotopic (exact) mass is 227 g/mol. The van der Waals surface area contributed by atoms with Gasteiger partial charge in [0.2, 0.25) is 0 Å². The summed E-state index contributed by atoms with van der Waals surface area (Å²) in [5, 5.41) is 4.10. The zero-order valence-electron chi connectivity index (χ0n) is 9.63. The lowest BCUT2D eigenvalue weighted by atomic mass is 10.3. The molecule has 1 aromatic rings. The Morgan fingerprint density at radius 1 is 1.33 bits per heavy atom. The van der Waals surface area contributed by atoms with Gasteiger partial charge in [-0.3, -0.25) is 0 Å². The highest BCUT2D eigenvalue weighted by Crippen LogP contribution is 2.24. The van der Waals surface area contributed by atoms with E-state index in [0.717, 1.165) is 34.6 Å². The fourth-order valence-electron chi connectivity index (χ4n) is 1.21. The van der Waals surface area contributed by atoms with E-state index in [-0.39, 0.29) is 0 Å². The van der Waals surface area contributed by atoms with Gasteiger partial charge in [-0.1, -0.05) is 0 Å². The fourth-order valence-corrected chi connectivity index (χ4v) is 2.16. The second-order valence-corrected chi connectivity index (χ2v) is 4.22. The van der Waals surface area contributed by atoms with Gasteiger partial charge < -0.3 is 10.1 Å². The normalized spacial score (nSPS) is 10.4. The predicted molar refractivity (Wildman–Crippen MR) is 63.7 cm³/mol. The molecule has 0 aliphatic heterocycles. The number of hydrogen-bond donors (Lipinski definition) is 1. The highest BCUT2D eigenvalue weighted by Gasteiger charge is 2.07. The molecule has 1 aromatic heterocycles. The van der Waals surface area contributed by atoms with E-state index in [1.807, 2.05) is 20.9 Å². The van der Waals surface area contributed by atoms with E-state index in [2.05, 4.69) is 15.3 Å². The van der Waals surface area contributed by atoms with E-state index in [4.69, 9.17) is 4.74 Å². The molecule has 0 bridgehead atoms. The summed E-state index contributed by atoms with van der Waals surface area (Å²) in [4.78, 5) is 8.72. The van der Waals surface area contributed by atoms with Gasteiger partial charge in [0, 0.05) is 25.5 Å². The molecule has 0 unspecified atom stereocenters. The van der Waals surface area contributed by atoms with Gasteiger partial charge in [-0.2, -0.15) is 0 Å². The Balaban J connectivity index is 2.81. The Kier molecular flexibility index (Phi) is 4.84. The SMILES string of the molecule is CNc1nc(C)nc(SCCOC)c1C. The minimum atomic E-state index is 0.738. The van der Waals surface area contributed by atoms with Crippen LogP contribution in [0.25, 0.3) is 0 Å². The van der Waals surface area contributed by atoms with Crippen molar-refractivity contribution >= 4 is 17.6 Å². The Morgan fingerprint density at radius 3 is 2.67 bits per heavy atom. The molecule has 4 nitrogen and oxygen atoms in total. The third-order valence-electron chi connectivity index (χ3n) is 1.98. The second-order valence-electron chi connectivity index (χ2n) is 3.14. The molecule has 0 saturated heterocycles. The molecule has 5 heteroatoms. The molecule has 1 heterocycles. The number of aryl methyl sites for hydroxylation is 1. The number of rotatable bonds is 5. The average Bonchev–Trinajstić information content (AvgIpc) is 2.23. The lowest BCUT2D eigenvalue weighted by Gasteiger charge is -2.09. The average molecular weight is 227 g/mol. The van der Waals surface area contributed by atoms with Crippen LogP contribution < -0.4 is 5.32 Å². The van der Waals surface area contributed by atoms with Crippen LogP contribution in [0.5, 0.6) is 0 Å². The molecule has 1 N–H and O–H groups in total. The van der Waals surface area contributed by atoms with Crippen molar-refractivity contribution in [1.82, 2.24) is 9.97 Å². The quantitative estimate of drug-likeness (QED) is 0.473. The van der Waals surface area contributed by atoms with Gasteiger partial charge in [0.25, 0.3) is 0 Å². The Labute approximate surface area is 94.8 Å². The van der Waals surface area contributed by atoms with Crippen LogP contribution in [0.1, 0.15) is 11.4 Å². The lowest BCUT2D eigenvalue weighted by Crippen LogP contribution is -2.03. The number of nitrogens with one attached hydrogen (secondary N) is 1. The van der Waals surface area contributed by atoms with Crippen LogP contribution >= 0.6 is 11.8 Å². The van der Waals surface area contributed by atoms with Crippen molar-refractivity contribution in [2.75, 3.05) is 31.8 Å². The summed E-state index contributed by atoms with van der Waals surface area (Å²) in [6.45, 7) is 4.67. The van der Waals surface area contributed by atoms with E-state index in [0.29, 0.717) is 0 Å². The standard InChI is InChI=1S/C10H17N3OS/c1-7-9(11-3)12-8(2)13-10(7)15-6-5-14-4/h5-6H2,1-4H3,(H,11,12,13). The van der Waals surface area contributed by atoms with Crippen molar-refractivity contribution in [3.8, 4) is 0 Å². The van der Waals surface area contributed by atoms with Crippen molar-refractivity contribution in [2.24, 2.45) is 0 Å². The zero-order valence-corrected chi connectivity index (χ0v) is 10.4. The Bertz CT molecular complexity index is 331. The van der Waals surface area contributed by atoms with E-state index < -0.39 is 0 Å². The third kappa shape index (κ3) is 3.35. The van der Waals surface area contributed by atoms with Crippen LogP contribution in [0.3, 0.4) is 0 Å². The van der Waals surface area contributed by atoms with Crippen LogP contribution in [0.4, 0.5) is 5.82 Å². The molecule has 15 heavy (non-hydrogen) atoms. The maximum atomic E-state index is 5.01. The minimum Gasteiger partial charge on any atom is -0.384 e. The molecular formula is C10H17N3OS. The van der Waals surface area contributed by atoms with Crippen LogP contribution in [0, 0.1) is 13.8 Å². The van der Waals surface area contributed by atoms with E-state index >= 15 is 0 Å². The second kappa shape index (κ2) is 5.92. The molecule has 0 atom stereocenters. The van der Waals surface area contributed by atoms with E-state index in [9.17, 15) is 0 Å². The number of thioether (sulfide) groups is 1. The predicted octanol–water partition coefficient (Wildman–Crippen LogP) is 1.87. The summed E-state index contributed by atoms with van der Waals surface area (Å²) in [5.74, 6) is 2.61. The highest BCUT2D eigenvalue weighted by molar-refractivity contribution is 7.99. The molecule has 0 radical (unpaired) electrons. The number of anilines is 1. The maximum Gasteiger partial charge on any atom is 0.133 e. The molecule has 0 fully saturated rings. The molecule has 0 aromatic carbocycles. The highest BCUT2D eigenvalue weighted by atomic mass is 32.2. The van der Waals surface area contributed by atoms with Crippen LogP contribution in [0.2, 0.25) is 0 Å². The number of nitrogens with zero attached hydrogens (tertiary/aromatic N) is 2. The molecular weight excluding hydrogens is 210 g/mol. The van der Waals surface area contributed by atoms with Crippen molar-refractivity contribution in [3.05, 3.63) is 11.4 Å². The number of aromatic nitrogens is 2. The first-order valence-electron chi connectivity index (χ1n) is 4.83. The zero-order chi connectivity index (χ0) is 11.3. The van der Waals surface area contributed by atoms with Gasteiger partial charge in [0.05, 0.1) is 6.61 Å². The van der Waals surface area contributed by atoms with Gasteiger partial charge in [-0.15, -0.1) is 11.8 Å². The molecule has 0 saturated carbocycles. The molecule has 0 aliphatic carbocycles. The van der Waals surface area contributed by atoms with Crippen molar-refractivity contribution in [3.63, 3.8) is 0 Å². The summed E-state index contributed by atoms with van der Waals surface area (Å²) in [7, 11) is 3.58. The Morgan fingerprint density at radius 2 is 2.07 bits per heavy atom. The number of ether oxygens (including phenoxy) is 1. The van der Waals surface area contributed by atoms with Gasteiger partial charge in [0.15, 0.2) is 0 Å². The van der Waals surface area contributed by atoms with Crippen LogP contribution in [0.15, 0.2) is 5.03 Å². The van der Waals surface area contributed by atoms with Crippen molar-refractivity contribution in [2.45, 2.75) is 18.9 Å². The van der Waals surface area contributed by atoms with Gasteiger partial charge >= 0.3 is 0 Å². The summed E-state index contributed by atoms with van der Waals surface area (Å²) in [6, 6.07) is 0. The third-order valence-corrected chi connectivity index (χ3v) is 3.02. The number of hydrogen-bond acceptors (Lipinski definition) is 5. The largest absolute Gasteiger partial charge is 0.384 e. The van der Waals surface area contributed by atoms with Crippen molar-refractivity contribution in [1.29, 1.82) is 0 Å². The van der Waals surface area contributed by atoms with E-state index in [1.165, 1.54) is 0 Å². The smallest absolute Gasteiger partial charge is 0.133 e. The Hall–Kier alpha value is -0.810. The van der Waals surface area contributed by atoms with Gasteiger partial charge in [-0.25, -0.2) is 9.97 Å².